The van der Waals surface area contributed by atoms with Crippen LogP contribution in [-0.4, -0.2) is 24.5 Å². The summed E-state index contributed by atoms with van der Waals surface area (Å²) < 4.78 is 11.3. The van der Waals surface area contributed by atoms with Crippen LogP contribution in [0.5, 0.6) is 0 Å². The summed E-state index contributed by atoms with van der Waals surface area (Å²) in [7, 11) is -1.98. The molecule has 86 valence electrons. The van der Waals surface area contributed by atoms with Crippen LogP contribution in [-0.2, 0) is 15.2 Å². The summed E-state index contributed by atoms with van der Waals surface area (Å²) in [6, 6.07) is 0. The first-order valence-corrected chi connectivity index (χ1v) is 7.89. The van der Waals surface area contributed by atoms with Crippen LogP contribution in [0.15, 0.2) is 5.38 Å². The molecule has 1 aromatic heterocycles. The monoisotopic (exact) mass is 247 g/mol. The molecule has 0 N–H and O–H groups in total. The fraction of sp³-hybridized carbons (Fsp3) is 0.600. The fourth-order valence-electron chi connectivity index (χ4n) is 1.33. The minimum Gasteiger partial charge on any atom is -0.337 e. The SMILES string of the molecule is C=P(Cc1csc(C)n1)(OCC)OCC. The Morgan fingerprint density at radius 3 is 2.40 bits per heavy atom. The largest absolute Gasteiger partial charge is 0.337 e. The molecule has 0 amide bonds. The Morgan fingerprint density at radius 1 is 1.40 bits per heavy atom. The molecule has 0 spiro atoms. The van der Waals surface area contributed by atoms with E-state index in [0.29, 0.717) is 19.4 Å². The zero-order chi connectivity index (χ0) is 11.3. The minimum atomic E-state index is -1.98. The highest BCUT2D eigenvalue weighted by atomic mass is 32.1. The molecule has 0 radical (unpaired) electrons. The van der Waals surface area contributed by atoms with Crippen molar-refractivity contribution >= 4 is 25.0 Å². The van der Waals surface area contributed by atoms with Gasteiger partial charge >= 0.3 is 0 Å². The third-order valence-electron chi connectivity index (χ3n) is 1.80. The third kappa shape index (κ3) is 4.07. The average Bonchev–Trinajstić information content (AvgIpc) is 2.51. The Kier molecular flexibility index (Phi) is 5.00. The van der Waals surface area contributed by atoms with E-state index in [9.17, 15) is 0 Å². The van der Waals surface area contributed by atoms with Crippen LogP contribution >= 0.6 is 18.7 Å². The Balaban J connectivity index is 2.70. The molecule has 0 atom stereocenters. The van der Waals surface area contributed by atoms with Gasteiger partial charge in [-0.05, 0) is 20.8 Å². The van der Waals surface area contributed by atoms with E-state index in [0.717, 1.165) is 10.7 Å². The van der Waals surface area contributed by atoms with Crippen molar-refractivity contribution in [1.29, 1.82) is 0 Å². The smallest absolute Gasteiger partial charge is 0.123 e. The Morgan fingerprint density at radius 2 is 2.00 bits per heavy atom. The predicted octanol–water partition coefficient (Wildman–Crippen LogP) is 3.30. The number of hydrogen-bond acceptors (Lipinski definition) is 4. The van der Waals surface area contributed by atoms with Crippen molar-refractivity contribution in [3.05, 3.63) is 16.1 Å². The van der Waals surface area contributed by atoms with Gasteiger partial charge in [0.05, 0.1) is 30.1 Å². The molecule has 0 aliphatic rings. The maximum absolute atomic E-state index is 5.63. The highest BCUT2D eigenvalue weighted by Gasteiger charge is 2.17. The minimum absolute atomic E-state index is 0.639. The lowest BCUT2D eigenvalue weighted by atomic mass is 10.6. The van der Waals surface area contributed by atoms with Crippen molar-refractivity contribution in [3.8, 4) is 0 Å². The van der Waals surface area contributed by atoms with E-state index in [1.807, 2.05) is 26.2 Å². The first kappa shape index (κ1) is 12.9. The summed E-state index contributed by atoms with van der Waals surface area (Å²) in [5, 5.41) is 3.12. The Bertz CT molecular complexity index is 341. The van der Waals surface area contributed by atoms with Crippen molar-refractivity contribution in [2.24, 2.45) is 0 Å². The van der Waals surface area contributed by atoms with Crippen molar-refractivity contribution in [2.75, 3.05) is 13.2 Å². The molecule has 0 unspecified atom stereocenters. The van der Waals surface area contributed by atoms with E-state index < -0.39 is 7.34 Å². The van der Waals surface area contributed by atoms with Crippen LogP contribution in [0.4, 0.5) is 0 Å². The van der Waals surface area contributed by atoms with Gasteiger partial charge in [0, 0.05) is 5.38 Å². The molecule has 0 aromatic carbocycles. The summed E-state index contributed by atoms with van der Waals surface area (Å²) in [6.07, 6.45) is 4.79. The van der Waals surface area contributed by atoms with E-state index in [-0.39, 0.29) is 0 Å². The van der Waals surface area contributed by atoms with Gasteiger partial charge in [-0.15, -0.1) is 11.3 Å². The van der Waals surface area contributed by atoms with E-state index in [4.69, 9.17) is 9.05 Å². The standard InChI is InChI=1S/C10H18NO2PS/c1-5-12-14(4,13-6-2)7-10-8-15-9(3)11-10/h8H,4-7H2,1-3H3. The van der Waals surface area contributed by atoms with Gasteiger partial charge in [0.25, 0.3) is 0 Å². The molecule has 0 aliphatic heterocycles. The van der Waals surface area contributed by atoms with Gasteiger partial charge < -0.3 is 9.05 Å². The van der Waals surface area contributed by atoms with E-state index in [1.54, 1.807) is 11.3 Å². The first-order chi connectivity index (χ1) is 7.09. The van der Waals surface area contributed by atoms with Gasteiger partial charge in [-0.2, -0.15) is 0 Å². The normalized spacial score (nSPS) is 11.9. The van der Waals surface area contributed by atoms with Crippen molar-refractivity contribution in [2.45, 2.75) is 26.9 Å². The molecule has 15 heavy (non-hydrogen) atoms. The number of hydrogen-bond donors (Lipinski definition) is 0. The lowest BCUT2D eigenvalue weighted by molar-refractivity contribution is 0.264. The summed E-state index contributed by atoms with van der Waals surface area (Å²) >= 11 is 1.65. The maximum Gasteiger partial charge on any atom is 0.123 e. The fourth-order valence-corrected chi connectivity index (χ4v) is 3.92. The average molecular weight is 247 g/mol. The molecule has 3 nitrogen and oxygen atoms in total. The Labute approximate surface area is 95.6 Å². The highest BCUT2D eigenvalue weighted by molar-refractivity contribution is 7.63. The molecule has 1 rings (SSSR count). The number of rotatable bonds is 6. The van der Waals surface area contributed by atoms with Gasteiger partial charge in [-0.3, -0.25) is 0 Å². The predicted molar refractivity (Wildman–Crippen MR) is 67.8 cm³/mol. The van der Waals surface area contributed by atoms with E-state index in [2.05, 4.69) is 11.3 Å². The van der Waals surface area contributed by atoms with Crippen LogP contribution < -0.4 is 0 Å². The number of aromatic nitrogens is 1. The second kappa shape index (κ2) is 5.80. The number of thiazole rings is 1. The molecule has 0 bridgehead atoms. The van der Waals surface area contributed by atoms with E-state index in [1.165, 1.54) is 0 Å². The second-order valence-corrected chi connectivity index (χ2v) is 6.69. The molecule has 0 saturated heterocycles. The van der Waals surface area contributed by atoms with Crippen LogP contribution in [0.25, 0.3) is 0 Å². The number of nitrogens with zero attached hydrogens (tertiary/aromatic N) is 1. The van der Waals surface area contributed by atoms with Crippen molar-refractivity contribution in [3.63, 3.8) is 0 Å². The van der Waals surface area contributed by atoms with Crippen LogP contribution in [0.3, 0.4) is 0 Å². The second-order valence-electron chi connectivity index (χ2n) is 3.17. The van der Waals surface area contributed by atoms with Gasteiger partial charge in [0.1, 0.15) is 7.34 Å². The number of aryl methyl sites for hydroxylation is 1. The molecular formula is C10H18NO2PS. The lowest BCUT2D eigenvalue weighted by Gasteiger charge is -2.22. The Hall–Kier alpha value is -0.150. The maximum atomic E-state index is 5.63. The molecular weight excluding hydrogens is 229 g/mol. The molecule has 1 heterocycles. The van der Waals surface area contributed by atoms with Gasteiger partial charge in [0.2, 0.25) is 0 Å². The first-order valence-electron chi connectivity index (χ1n) is 5.02. The van der Waals surface area contributed by atoms with Crippen LogP contribution in [0.1, 0.15) is 24.5 Å². The molecule has 1 aromatic rings. The lowest BCUT2D eigenvalue weighted by Crippen LogP contribution is -1.99. The van der Waals surface area contributed by atoms with Gasteiger partial charge in [0.15, 0.2) is 0 Å². The summed E-state index contributed by atoms with van der Waals surface area (Å²) in [5.74, 6) is 0. The zero-order valence-corrected chi connectivity index (χ0v) is 11.2. The highest BCUT2D eigenvalue weighted by Crippen LogP contribution is 2.50. The molecule has 5 heteroatoms. The molecule has 0 aliphatic carbocycles. The zero-order valence-electron chi connectivity index (χ0n) is 9.52. The van der Waals surface area contributed by atoms with Crippen LogP contribution in [0, 0.1) is 6.92 Å². The summed E-state index contributed by atoms with van der Waals surface area (Å²) in [5.41, 5.74) is 1.03. The molecule has 0 saturated carbocycles. The molecule has 0 fully saturated rings. The summed E-state index contributed by atoms with van der Waals surface area (Å²) in [4.78, 5) is 4.41. The third-order valence-corrected chi connectivity index (χ3v) is 4.88. The van der Waals surface area contributed by atoms with Gasteiger partial charge in [-0.1, -0.05) is 6.30 Å². The van der Waals surface area contributed by atoms with Crippen molar-refractivity contribution < 1.29 is 9.05 Å². The van der Waals surface area contributed by atoms with Crippen molar-refractivity contribution in [1.82, 2.24) is 4.98 Å². The van der Waals surface area contributed by atoms with E-state index >= 15 is 0 Å². The quantitative estimate of drug-likeness (QED) is 0.723. The topological polar surface area (TPSA) is 31.4 Å². The van der Waals surface area contributed by atoms with Crippen LogP contribution in [0.2, 0.25) is 0 Å². The summed E-state index contributed by atoms with van der Waals surface area (Å²) in [6.45, 7) is 7.20. The van der Waals surface area contributed by atoms with Gasteiger partial charge in [-0.25, -0.2) is 4.98 Å².